The van der Waals surface area contributed by atoms with E-state index in [0.29, 0.717) is 35.7 Å². The molecule has 136 valence electrons. The summed E-state index contributed by atoms with van der Waals surface area (Å²) in [6.45, 7) is 1.37. The lowest BCUT2D eigenvalue weighted by Gasteiger charge is -2.12. The number of aliphatic imine (C=N–C) groups is 2. The van der Waals surface area contributed by atoms with Crippen molar-refractivity contribution in [2.45, 2.75) is 0 Å². The third-order valence-corrected chi connectivity index (χ3v) is 3.66. The van der Waals surface area contributed by atoms with Crippen LogP contribution in [0.25, 0.3) is 0 Å². The average Bonchev–Trinajstić information content (AvgIpc) is 2.64. The van der Waals surface area contributed by atoms with Gasteiger partial charge in [0.25, 0.3) is 0 Å². The van der Waals surface area contributed by atoms with E-state index in [-0.39, 0.29) is 31.5 Å². The highest BCUT2D eigenvalue weighted by atomic mass is 16.7. The zero-order valence-electron chi connectivity index (χ0n) is 14.2. The van der Waals surface area contributed by atoms with Crippen LogP contribution in [0.15, 0.2) is 46.4 Å². The van der Waals surface area contributed by atoms with Crippen molar-refractivity contribution >= 4 is 12.4 Å². The number of benzene rings is 2. The smallest absolute Gasteiger partial charge is 0.189 e. The lowest BCUT2D eigenvalue weighted by Crippen LogP contribution is -2.11. The van der Waals surface area contributed by atoms with Gasteiger partial charge in [0.2, 0.25) is 0 Å². The van der Waals surface area contributed by atoms with Crippen molar-refractivity contribution in [1.29, 1.82) is 0 Å². The van der Waals surface area contributed by atoms with Crippen LogP contribution in [-0.4, -0.2) is 55.7 Å². The van der Waals surface area contributed by atoms with Crippen molar-refractivity contribution in [2.75, 3.05) is 33.1 Å². The number of phenols is 2. The van der Waals surface area contributed by atoms with E-state index >= 15 is 0 Å². The minimum Gasteiger partial charge on any atom is -0.504 e. The number of fused-ring (bicyclic) bond motifs is 4. The molecule has 0 aliphatic carbocycles. The fourth-order valence-corrected chi connectivity index (χ4v) is 2.34. The minimum atomic E-state index is -0.0316. The van der Waals surface area contributed by atoms with E-state index in [1.807, 2.05) is 0 Å². The second-order valence-electron chi connectivity index (χ2n) is 5.48. The molecule has 0 unspecified atom stereocenters. The maximum atomic E-state index is 10.2. The fraction of sp³-hybridized carbons (Fsp3) is 0.263. The molecular formula is C19H20N2O5. The Balaban J connectivity index is 1.77. The predicted octanol–water partition coefficient (Wildman–Crippen LogP) is 2.38. The zero-order chi connectivity index (χ0) is 18.2. The second-order valence-corrected chi connectivity index (χ2v) is 5.48. The Kier molecular flexibility index (Phi) is 6.05. The molecule has 1 heterocycles. The molecule has 0 spiro atoms. The molecule has 0 saturated carbocycles. The lowest BCUT2D eigenvalue weighted by molar-refractivity contribution is 0.00106. The van der Waals surface area contributed by atoms with Gasteiger partial charge in [0.15, 0.2) is 29.8 Å². The highest BCUT2D eigenvalue weighted by molar-refractivity contribution is 5.85. The van der Waals surface area contributed by atoms with Crippen LogP contribution >= 0.6 is 0 Å². The molecule has 1 aliphatic rings. The number of para-hydroxylation sites is 2. The molecule has 1 aliphatic heterocycles. The monoisotopic (exact) mass is 356 g/mol. The molecule has 4 bridgehead atoms. The third-order valence-electron chi connectivity index (χ3n) is 3.66. The van der Waals surface area contributed by atoms with E-state index in [0.717, 1.165) is 0 Å². The largest absolute Gasteiger partial charge is 0.504 e. The Morgan fingerprint density at radius 1 is 0.731 bits per heavy atom. The van der Waals surface area contributed by atoms with Crippen molar-refractivity contribution in [3.05, 3.63) is 47.5 Å². The molecule has 2 aromatic rings. The van der Waals surface area contributed by atoms with Crippen LogP contribution in [0.4, 0.5) is 0 Å². The summed E-state index contributed by atoms with van der Waals surface area (Å²) in [5.41, 5.74) is 1.13. The Morgan fingerprint density at radius 3 is 1.92 bits per heavy atom. The maximum Gasteiger partial charge on any atom is 0.189 e. The summed E-state index contributed by atoms with van der Waals surface area (Å²) in [5.74, 6) is 0.736. The second kappa shape index (κ2) is 8.87. The highest BCUT2D eigenvalue weighted by Crippen LogP contribution is 2.29. The van der Waals surface area contributed by atoms with E-state index in [4.69, 9.17) is 14.2 Å². The van der Waals surface area contributed by atoms with Gasteiger partial charge < -0.3 is 24.4 Å². The van der Waals surface area contributed by atoms with Gasteiger partial charge in [0.1, 0.15) is 6.61 Å². The molecular weight excluding hydrogens is 336 g/mol. The first-order valence-corrected chi connectivity index (χ1v) is 8.22. The zero-order valence-corrected chi connectivity index (χ0v) is 14.2. The van der Waals surface area contributed by atoms with E-state index in [1.165, 1.54) is 0 Å². The predicted molar refractivity (Wildman–Crippen MR) is 98.1 cm³/mol. The summed E-state index contributed by atoms with van der Waals surface area (Å²) in [6, 6.07) is 10.4. The first-order valence-electron chi connectivity index (χ1n) is 8.22. The minimum absolute atomic E-state index is 0.0145. The first-order chi connectivity index (χ1) is 12.8. The Labute approximate surface area is 151 Å². The summed E-state index contributed by atoms with van der Waals surface area (Å²) in [4.78, 5) is 8.51. The lowest BCUT2D eigenvalue weighted by atomic mass is 10.2. The number of hydrogen-bond acceptors (Lipinski definition) is 7. The molecule has 3 rings (SSSR count). The Bertz CT molecular complexity index is 737. The van der Waals surface area contributed by atoms with E-state index in [1.54, 1.807) is 48.8 Å². The fourth-order valence-electron chi connectivity index (χ4n) is 2.34. The van der Waals surface area contributed by atoms with Crippen LogP contribution in [-0.2, 0) is 4.74 Å². The average molecular weight is 356 g/mol. The molecule has 0 atom stereocenters. The van der Waals surface area contributed by atoms with Crippen LogP contribution in [0.1, 0.15) is 11.1 Å². The molecule has 0 radical (unpaired) electrons. The maximum absolute atomic E-state index is 10.2. The normalized spacial score (nSPS) is 15.4. The summed E-state index contributed by atoms with van der Waals surface area (Å²) >= 11 is 0. The van der Waals surface area contributed by atoms with E-state index < -0.39 is 0 Å². The molecule has 0 amide bonds. The quantitative estimate of drug-likeness (QED) is 0.756. The number of aromatic hydroxyl groups is 2. The van der Waals surface area contributed by atoms with E-state index in [2.05, 4.69) is 9.98 Å². The van der Waals surface area contributed by atoms with Crippen LogP contribution in [0.5, 0.6) is 23.0 Å². The van der Waals surface area contributed by atoms with Gasteiger partial charge in [0, 0.05) is 23.6 Å². The van der Waals surface area contributed by atoms with E-state index in [9.17, 15) is 10.2 Å². The number of hydrogen-bond donors (Lipinski definition) is 2. The summed E-state index contributed by atoms with van der Waals surface area (Å²) in [5, 5.41) is 20.4. The highest BCUT2D eigenvalue weighted by Gasteiger charge is 2.08. The van der Waals surface area contributed by atoms with Crippen LogP contribution in [0.2, 0.25) is 0 Å². The Morgan fingerprint density at radius 2 is 1.31 bits per heavy atom. The van der Waals surface area contributed by atoms with Crippen molar-refractivity contribution in [3.8, 4) is 23.0 Å². The van der Waals surface area contributed by atoms with Gasteiger partial charge in [-0.2, -0.15) is 0 Å². The van der Waals surface area contributed by atoms with Crippen molar-refractivity contribution in [2.24, 2.45) is 9.98 Å². The van der Waals surface area contributed by atoms with Crippen molar-refractivity contribution < 1.29 is 24.4 Å². The van der Waals surface area contributed by atoms with Gasteiger partial charge in [0.05, 0.1) is 19.7 Å². The third kappa shape index (κ3) is 4.52. The van der Waals surface area contributed by atoms with Gasteiger partial charge in [-0.1, -0.05) is 12.1 Å². The van der Waals surface area contributed by atoms with Gasteiger partial charge in [-0.05, 0) is 24.3 Å². The number of ether oxygens (including phenoxy) is 3. The topological polar surface area (TPSA) is 92.9 Å². The number of nitrogens with zero attached hydrogens (tertiary/aromatic N) is 2. The molecule has 2 N–H and O–H groups in total. The summed E-state index contributed by atoms with van der Waals surface area (Å²) in [7, 11) is 0. The summed E-state index contributed by atoms with van der Waals surface area (Å²) in [6.07, 6.45) is 3.16. The molecule has 0 saturated heterocycles. The van der Waals surface area contributed by atoms with Gasteiger partial charge in [-0.15, -0.1) is 0 Å². The summed E-state index contributed by atoms with van der Waals surface area (Å²) < 4.78 is 16.3. The molecule has 2 aromatic carbocycles. The standard InChI is InChI=1S/C19H20N2O5/c22-18-14-3-1-5-16(18)25-10-9-24-13-26-17-6-2-4-15(19(17)23)12-21-8-7-20-11-14/h1-6,11-12,22-23H,7-10,13H2. The van der Waals surface area contributed by atoms with Crippen LogP contribution in [0.3, 0.4) is 0 Å². The molecule has 26 heavy (non-hydrogen) atoms. The molecule has 0 fully saturated rings. The van der Waals surface area contributed by atoms with Crippen molar-refractivity contribution in [3.63, 3.8) is 0 Å². The molecule has 0 aromatic heterocycles. The van der Waals surface area contributed by atoms with Crippen LogP contribution < -0.4 is 9.47 Å². The molecule has 7 heteroatoms. The first kappa shape index (κ1) is 17.8. The number of phenolic OH excluding ortho intramolecular Hbond substituents is 2. The van der Waals surface area contributed by atoms with Gasteiger partial charge in [-0.25, -0.2) is 0 Å². The van der Waals surface area contributed by atoms with Crippen molar-refractivity contribution in [1.82, 2.24) is 0 Å². The Hall–Kier alpha value is -3.06. The number of rotatable bonds is 0. The SMILES string of the molecule is Oc1c2cccc1OCCOCOc1cccc(c1O)C=NCCN=C2. The van der Waals surface area contributed by atoms with Gasteiger partial charge in [-0.3, -0.25) is 9.98 Å². The van der Waals surface area contributed by atoms with Crippen LogP contribution in [0, 0.1) is 0 Å². The molecule has 7 nitrogen and oxygen atoms in total. The van der Waals surface area contributed by atoms with Gasteiger partial charge >= 0.3 is 0 Å².